The summed E-state index contributed by atoms with van der Waals surface area (Å²) in [5, 5.41) is 0.658. The molecule has 96 valence electrons. The smallest absolute Gasteiger partial charge is 0.182 e. The number of benzene rings is 2. The van der Waals surface area contributed by atoms with Crippen molar-refractivity contribution in [3.8, 4) is 5.69 Å². The number of fused-ring (bicyclic) bond motifs is 1. The van der Waals surface area contributed by atoms with Crippen LogP contribution in [-0.4, -0.2) is 9.55 Å². The highest BCUT2D eigenvalue weighted by molar-refractivity contribution is 9.11. The maximum absolute atomic E-state index is 6.20. The van der Waals surface area contributed by atoms with Crippen LogP contribution in [0.1, 0.15) is 0 Å². The first kappa shape index (κ1) is 13.4. The lowest BCUT2D eigenvalue weighted by atomic mass is 10.3. The molecule has 0 aliphatic rings. The first-order valence-electron chi connectivity index (χ1n) is 5.43. The highest BCUT2D eigenvalue weighted by atomic mass is 79.9. The average Bonchev–Trinajstić information content (AvgIpc) is 2.68. The molecule has 0 aliphatic carbocycles. The lowest BCUT2D eigenvalue weighted by Crippen LogP contribution is -1.96. The van der Waals surface area contributed by atoms with Crippen LogP contribution in [0.4, 0.5) is 0 Å². The molecule has 3 aromatic rings. The van der Waals surface area contributed by atoms with Crippen molar-refractivity contribution in [1.29, 1.82) is 0 Å². The van der Waals surface area contributed by atoms with Crippen LogP contribution in [0.5, 0.6) is 0 Å². The molecule has 0 radical (unpaired) electrons. The largest absolute Gasteiger partial charge is 0.329 e. The van der Waals surface area contributed by atoms with Gasteiger partial charge in [0.1, 0.15) is 0 Å². The zero-order valence-electron chi connectivity index (χ0n) is 9.45. The zero-order chi connectivity index (χ0) is 13.6. The highest BCUT2D eigenvalue weighted by Crippen LogP contribution is 2.33. The number of hydrogen-bond donors (Lipinski definition) is 1. The lowest BCUT2D eigenvalue weighted by molar-refractivity contribution is 1.05. The van der Waals surface area contributed by atoms with Crippen LogP contribution in [0.15, 0.2) is 45.3 Å². The van der Waals surface area contributed by atoms with Gasteiger partial charge in [0, 0.05) is 8.95 Å². The van der Waals surface area contributed by atoms with Crippen molar-refractivity contribution >= 4 is 66.7 Å². The molecule has 0 fully saturated rings. The Kier molecular flexibility index (Phi) is 3.55. The molecular weight excluding hydrogens is 411 g/mol. The molecule has 2 nitrogen and oxygen atoms in total. The second-order valence-electron chi connectivity index (χ2n) is 3.97. The SMILES string of the molecule is S=c1[nH]c2c(Cl)cccc2n1-c1c(Br)cccc1Br. The molecule has 0 bridgehead atoms. The fourth-order valence-corrected chi connectivity index (χ4v) is 3.88. The Labute approximate surface area is 136 Å². The quantitative estimate of drug-likeness (QED) is 0.491. The van der Waals surface area contributed by atoms with E-state index >= 15 is 0 Å². The van der Waals surface area contributed by atoms with Gasteiger partial charge in [0.15, 0.2) is 4.77 Å². The normalized spacial score (nSPS) is 11.1. The van der Waals surface area contributed by atoms with E-state index in [2.05, 4.69) is 36.8 Å². The molecule has 1 aromatic heterocycles. The van der Waals surface area contributed by atoms with Crippen molar-refractivity contribution in [2.75, 3.05) is 0 Å². The van der Waals surface area contributed by atoms with Crippen molar-refractivity contribution in [2.24, 2.45) is 0 Å². The first-order chi connectivity index (χ1) is 9.09. The van der Waals surface area contributed by atoms with Crippen molar-refractivity contribution in [1.82, 2.24) is 9.55 Å². The summed E-state index contributed by atoms with van der Waals surface area (Å²) >= 11 is 18.7. The minimum atomic E-state index is 0.607. The van der Waals surface area contributed by atoms with Crippen LogP contribution in [0.3, 0.4) is 0 Å². The van der Waals surface area contributed by atoms with E-state index < -0.39 is 0 Å². The van der Waals surface area contributed by atoms with Gasteiger partial charge in [-0.3, -0.25) is 4.57 Å². The minimum absolute atomic E-state index is 0.607. The topological polar surface area (TPSA) is 20.7 Å². The lowest BCUT2D eigenvalue weighted by Gasteiger charge is -2.09. The number of aromatic nitrogens is 2. The predicted molar refractivity (Wildman–Crippen MR) is 88.9 cm³/mol. The van der Waals surface area contributed by atoms with Gasteiger partial charge in [-0.25, -0.2) is 0 Å². The molecule has 0 unspecified atom stereocenters. The zero-order valence-corrected chi connectivity index (χ0v) is 14.2. The molecule has 1 heterocycles. The summed E-state index contributed by atoms with van der Waals surface area (Å²) in [5.74, 6) is 0. The Hall–Kier alpha value is -0.620. The third-order valence-electron chi connectivity index (χ3n) is 2.83. The molecule has 0 saturated heterocycles. The molecule has 1 N–H and O–H groups in total. The van der Waals surface area contributed by atoms with E-state index in [-0.39, 0.29) is 0 Å². The van der Waals surface area contributed by atoms with Crippen molar-refractivity contribution in [3.05, 3.63) is 55.1 Å². The third-order valence-corrected chi connectivity index (χ3v) is 4.71. The van der Waals surface area contributed by atoms with E-state index in [1.165, 1.54) is 0 Å². The van der Waals surface area contributed by atoms with Crippen molar-refractivity contribution in [3.63, 3.8) is 0 Å². The van der Waals surface area contributed by atoms with Gasteiger partial charge in [-0.1, -0.05) is 23.7 Å². The van der Waals surface area contributed by atoms with Gasteiger partial charge in [0.05, 0.1) is 21.7 Å². The number of rotatable bonds is 1. The molecule has 19 heavy (non-hydrogen) atoms. The standard InChI is InChI=1S/C13H7Br2ClN2S/c14-7-3-1-4-8(15)12(7)18-10-6-2-5-9(16)11(10)17-13(18)19/h1-6H,(H,17,19). The van der Waals surface area contributed by atoms with Crippen LogP contribution < -0.4 is 0 Å². The highest BCUT2D eigenvalue weighted by Gasteiger charge is 2.13. The molecule has 0 spiro atoms. The Morgan fingerprint density at radius 1 is 1.05 bits per heavy atom. The molecule has 0 aliphatic heterocycles. The van der Waals surface area contributed by atoms with Gasteiger partial charge >= 0.3 is 0 Å². The van der Waals surface area contributed by atoms with E-state index in [1.807, 2.05) is 41.0 Å². The summed E-state index contributed by atoms with van der Waals surface area (Å²) < 4.78 is 4.48. The third kappa shape index (κ3) is 2.18. The maximum atomic E-state index is 6.20. The Bertz CT molecular complexity index is 818. The van der Waals surface area contributed by atoms with Gasteiger partial charge in [0.2, 0.25) is 0 Å². The fraction of sp³-hybridized carbons (Fsp3) is 0. The number of para-hydroxylation sites is 2. The minimum Gasteiger partial charge on any atom is -0.329 e. The van der Waals surface area contributed by atoms with Gasteiger partial charge in [-0.15, -0.1) is 0 Å². The van der Waals surface area contributed by atoms with E-state index in [0.29, 0.717) is 9.79 Å². The van der Waals surface area contributed by atoms with Gasteiger partial charge < -0.3 is 4.98 Å². The van der Waals surface area contributed by atoms with Crippen LogP contribution in [0, 0.1) is 4.77 Å². The van der Waals surface area contributed by atoms with E-state index in [9.17, 15) is 0 Å². The number of nitrogens with zero attached hydrogens (tertiary/aromatic N) is 1. The molecule has 0 amide bonds. The first-order valence-corrected chi connectivity index (χ1v) is 7.80. The number of nitrogens with one attached hydrogen (secondary N) is 1. The number of H-pyrrole nitrogens is 1. The van der Waals surface area contributed by atoms with E-state index in [0.717, 1.165) is 25.7 Å². The second-order valence-corrected chi connectivity index (χ2v) is 6.47. The van der Waals surface area contributed by atoms with Crippen LogP contribution in [0.2, 0.25) is 5.02 Å². The molecule has 3 rings (SSSR count). The fourth-order valence-electron chi connectivity index (χ4n) is 2.02. The van der Waals surface area contributed by atoms with Crippen molar-refractivity contribution < 1.29 is 0 Å². The van der Waals surface area contributed by atoms with Crippen LogP contribution in [-0.2, 0) is 0 Å². The molecule has 0 atom stereocenters. The summed E-state index contributed by atoms with van der Waals surface area (Å²) in [6, 6.07) is 11.7. The van der Waals surface area contributed by atoms with E-state index in [1.54, 1.807) is 0 Å². The summed E-state index contributed by atoms with van der Waals surface area (Å²) in [6.45, 7) is 0. The molecular formula is C13H7Br2ClN2S. The molecule has 6 heteroatoms. The van der Waals surface area contributed by atoms with Crippen LogP contribution >= 0.6 is 55.7 Å². The van der Waals surface area contributed by atoms with Gasteiger partial charge in [-0.05, 0) is 68.3 Å². The molecule has 2 aromatic carbocycles. The number of halogens is 3. The van der Waals surface area contributed by atoms with Crippen LogP contribution in [0.25, 0.3) is 16.7 Å². The summed E-state index contributed by atoms with van der Waals surface area (Å²) in [6.07, 6.45) is 0. The number of imidazole rings is 1. The number of hydrogen-bond acceptors (Lipinski definition) is 1. The Balaban J connectivity index is 2.47. The van der Waals surface area contributed by atoms with E-state index in [4.69, 9.17) is 23.8 Å². The Morgan fingerprint density at radius 3 is 2.37 bits per heavy atom. The summed E-state index contributed by atoms with van der Waals surface area (Å²) in [7, 11) is 0. The van der Waals surface area contributed by atoms with Crippen molar-refractivity contribution in [2.45, 2.75) is 0 Å². The summed E-state index contributed by atoms with van der Waals surface area (Å²) in [5.41, 5.74) is 2.75. The second kappa shape index (κ2) is 5.05. The Morgan fingerprint density at radius 2 is 1.68 bits per heavy atom. The maximum Gasteiger partial charge on any atom is 0.182 e. The van der Waals surface area contributed by atoms with Gasteiger partial charge in [-0.2, -0.15) is 0 Å². The summed E-state index contributed by atoms with van der Waals surface area (Å²) in [4.78, 5) is 3.15. The average molecular weight is 419 g/mol. The predicted octanol–water partition coefficient (Wildman–Crippen LogP) is 5.87. The number of aromatic amines is 1. The molecule has 0 saturated carbocycles. The van der Waals surface area contributed by atoms with Gasteiger partial charge in [0.25, 0.3) is 0 Å². The monoisotopic (exact) mass is 416 g/mol.